The Morgan fingerprint density at radius 2 is 1.75 bits per heavy atom. The van der Waals surface area contributed by atoms with Crippen molar-refractivity contribution >= 4 is 0 Å². The third-order valence-electron chi connectivity index (χ3n) is 4.84. The average Bonchev–Trinajstić information content (AvgIpc) is 2.56. The zero-order valence-electron chi connectivity index (χ0n) is 12.1. The van der Waals surface area contributed by atoms with Crippen molar-refractivity contribution in [2.75, 3.05) is 26.3 Å². The SMILES string of the molecule is O[C@@H](c1ccccc1)[C@@H]1CCCC[C@H]1N1CCOCC1. The standard InChI is InChI=1S/C17H25NO2/c19-17(14-6-2-1-3-7-14)15-8-4-5-9-16(15)18-10-12-20-13-11-18/h1-3,6-7,15-17,19H,4-5,8-13H2/t15-,16-,17+/m1/s1. The van der Waals surface area contributed by atoms with Crippen LogP contribution in [0.4, 0.5) is 0 Å². The molecule has 1 saturated carbocycles. The van der Waals surface area contributed by atoms with Gasteiger partial charge in [0, 0.05) is 25.0 Å². The lowest BCUT2D eigenvalue weighted by molar-refractivity contribution is -0.0372. The van der Waals surface area contributed by atoms with Gasteiger partial charge in [0.2, 0.25) is 0 Å². The van der Waals surface area contributed by atoms with Crippen LogP contribution in [0, 0.1) is 5.92 Å². The average molecular weight is 275 g/mol. The second kappa shape index (κ2) is 6.70. The molecular weight excluding hydrogens is 250 g/mol. The highest BCUT2D eigenvalue weighted by Crippen LogP contribution is 2.37. The van der Waals surface area contributed by atoms with Crippen LogP contribution < -0.4 is 0 Å². The Bertz CT molecular complexity index is 403. The molecule has 2 fully saturated rings. The predicted octanol–water partition coefficient (Wildman–Crippen LogP) is 2.61. The summed E-state index contributed by atoms with van der Waals surface area (Å²) in [5.74, 6) is 0.365. The van der Waals surface area contributed by atoms with Gasteiger partial charge in [0.15, 0.2) is 0 Å². The van der Waals surface area contributed by atoms with Crippen molar-refractivity contribution in [2.45, 2.75) is 37.8 Å². The number of rotatable bonds is 3. The maximum absolute atomic E-state index is 10.8. The first-order valence-electron chi connectivity index (χ1n) is 7.91. The number of hydrogen-bond donors (Lipinski definition) is 1. The summed E-state index contributed by atoms with van der Waals surface area (Å²) < 4.78 is 5.47. The molecule has 3 atom stereocenters. The van der Waals surface area contributed by atoms with Gasteiger partial charge in [-0.2, -0.15) is 0 Å². The minimum absolute atomic E-state index is 0.329. The van der Waals surface area contributed by atoms with E-state index in [0.717, 1.165) is 38.3 Å². The van der Waals surface area contributed by atoms with Crippen molar-refractivity contribution in [2.24, 2.45) is 5.92 Å². The Balaban J connectivity index is 1.74. The summed E-state index contributed by atoms with van der Waals surface area (Å²) in [6, 6.07) is 10.7. The summed E-state index contributed by atoms with van der Waals surface area (Å²) in [6.45, 7) is 3.71. The number of nitrogens with zero attached hydrogens (tertiary/aromatic N) is 1. The van der Waals surface area contributed by atoms with Crippen LogP contribution in [0.2, 0.25) is 0 Å². The number of morpholine rings is 1. The predicted molar refractivity (Wildman–Crippen MR) is 79.5 cm³/mol. The van der Waals surface area contributed by atoms with Gasteiger partial charge in [-0.3, -0.25) is 4.90 Å². The molecule has 0 unspecified atom stereocenters. The molecule has 1 aromatic rings. The van der Waals surface area contributed by atoms with E-state index in [1.165, 1.54) is 19.3 Å². The van der Waals surface area contributed by atoms with Gasteiger partial charge in [0.05, 0.1) is 19.3 Å². The molecule has 110 valence electrons. The van der Waals surface area contributed by atoms with Crippen LogP contribution in [0.5, 0.6) is 0 Å². The molecule has 1 aliphatic carbocycles. The molecule has 20 heavy (non-hydrogen) atoms. The molecule has 0 aromatic heterocycles. The van der Waals surface area contributed by atoms with Gasteiger partial charge in [0.1, 0.15) is 0 Å². The van der Waals surface area contributed by atoms with E-state index in [9.17, 15) is 5.11 Å². The summed E-state index contributed by atoms with van der Waals surface area (Å²) in [5.41, 5.74) is 1.07. The highest BCUT2D eigenvalue weighted by molar-refractivity contribution is 5.18. The van der Waals surface area contributed by atoms with E-state index in [4.69, 9.17) is 4.74 Å². The minimum Gasteiger partial charge on any atom is -0.388 e. The van der Waals surface area contributed by atoms with Gasteiger partial charge in [-0.05, 0) is 18.4 Å². The van der Waals surface area contributed by atoms with Crippen molar-refractivity contribution in [3.63, 3.8) is 0 Å². The quantitative estimate of drug-likeness (QED) is 0.920. The molecule has 0 spiro atoms. The van der Waals surface area contributed by atoms with Crippen LogP contribution in [0.15, 0.2) is 30.3 Å². The zero-order valence-corrected chi connectivity index (χ0v) is 12.1. The van der Waals surface area contributed by atoms with Crippen molar-refractivity contribution in [3.05, 3.63) is 35.9 Å². The fourth-order valence-corrected chi connectivity index (χ4v) is 3.77. The third-order valence-corrected chi connectivity index (χ3v) is 4.84. The third kappa shape index (κ3) is 3.05. The molecule has 1 aliphatic heterocycles. The number of aliphatic hydroxyl groups is 1. The van der Waals surface area contributed by atoms with Gasteiger partial charge in [-0.25, -0.2) is 0 Å². The van der Waals surface area contributed by atoms with Crippen molar-refractivity contribution < 1.29 is 9.84 Å². The Morgan fingerprint density at radius 1 is 1.05 bits per heavy atom. The lowest BCUT2D eigenvalue weighted by Crippen LogP contribution is -2.49. The molecule has 2 aliphatic rings. The van der Waals surface area contributed by atoms with Crippen molar-refractivity contribution in [1.29, 1.82) is 0 Å². The number of benzene rings is 1. The van der Waals surface area contributed by atoms with Gasteiger partial charge in [0.25, 0.3) is 0 Å². The van der Waals surface area contributed by atoms with Crippen LogP contribution >= 0.6 is 0 Å². The molecule has 0 bridgehead atoms. The second-order valence-electron chi connectivity index (χ2n) is 6.02. The lowest BCUT2D eigenvalue weighted by Gasteiger charge is -2.43. The normalized spacial score (nSPS) is 30.1. The second-order valence-corrected chi connectivity index (χ2v) is 6.02. The number of aliphatic hydroxyl groups excluding tert-OH is 1. The van der Waals surface area contributed by atoms with Crippen LogP contribution in [0.25, 0.3) is 0 Å². The molecule has 1 N–H and O–H groups in total. The van der Waals surface area contributed by atoms with E-state index in [0.29, 0.717) is 12.0 Å². The topological polar surface area (TPSA) is 32.7 Å². The van der Waals surface area contributed by atoms with Gasteiger partial charge in [-0.1, -0.05) is 43.2 Å². The van der Waals surface area contributed by atoms with E-state index in [2.05, 4.69) is 17.0 Å². The summed E-state index contributed by atoms with van der Waals surface area (Å²) >= 11 is 0. The molecule has 3 nitrogen and oxygen atoms in total. The molecule has 0 amide bonds. The first-order valence-corrected chi connectivity index (χ1v) is 7.91. The molecule has 3 rings (SSSR count). The highest BCUT2D eigenvalue weighted by atomic mass is 16.5. The Hall–Kier alpha value is -0.900. The Labute approximate surface area is 121 Å². The molecule has 1 aromatic carbocycles. The first kappa shape index (κ1) is 14.1. The van der Waals surface area contributed by atoms with Gasteiger partial charge >= 0.3 is 0 Å². The van der Waals surface area contributed by atoms with Gasteiger partial charge in [-0.15, -0.1) is 0 Å². The van der Waals surface area contributed by atoms with E-state index in [1.807, 2.05) is 18.2 Å². The molecule has 1 heterocycles. The van der Waals surface area contributed by atoms with Gasteiger partial charge < -0.3 is 9.84 Å². The monoisotopic (exact) mass is 275 g/mol. The highest BCUT2D eigenvalue weighted by Gasteiger charge is 2.35. The molecular formula is C17H25NO2. The first-order chi connectivity index (χ1) is 9.86. The summed E-state index contributed by atoms with van der Waals surface area (Å²) in [7, 11) is 0. The van der Waals surface area contributed by atoms with Crippen LogP contribution in [-0.2, 0) is 4.74 Å². The smallest absolute Gasteiger partial charge is 0.0833 e. The molecule has 0 radical (unpaired) electrons. The molecule has 3 heteroatoms. The Kier molecular flexibility index (Phi) is 4.71. The van der Waals surface area contributed by atoms with E-state index in [-0.39, 0.29) is 6.10 Å². The fraction of sp³-hybridized carbons (Fsp3) is 0.647. The number of hydrogen-bond acceptors (Lipinski definition) is 3. The van der Waals surface area contributed by atoms with E-state index < -0.39 is 0 Å². The van der Waals surface area contributed by atoms with E-state index >= 15 is 0 Å². The lowest BCUT2D eigenvalue weighted by atomic mass is 9.78. The fourth-order valence-electron chi connectivity index (χ4n) is 3.77. The van der Waals surface area contributed by atoms with Crippen LogP contribution in [0.3, 0.4) is 0 Å². The zero-order chi connectivity index (χ0) is 13.8. The number of ether oxygens (including phenoxy) is 1. The Morgan fingerprint density at radius 3 is 2.50 bits per heavy atom. The minimum atomic E-state index is -0.329. The van der Waals surface area contributed by atoms with E-state index in [1.54, 1.807) is 0 Å². The maximum atomic E-state index is 10.8. The largest absolute Gasteiger partial charge is 0.388 e. The van der Waals surface area contributed by atoms with Crippen molar-refractivity contribution in [3.8, 4) is 0 Å². The van der Waals surface area contributed by atoms with Crippen molar-refractivity contribution in [1.82, 2.24) is 4.90 Å². The molecule has 1 saturated heterocycles. The maximum Gasteiger partial charge on any atom is 0.0833 e. The van der Waals surface area contributed by atoms with Crippen LogP contribution in [0.1, 0.15) is 37.4 Å². The summed E-state index contributed by atoms with van der Waals surface area (Å²) in [4.78, 5) is 2.54. The summed E-state index contributed by atoms with van der Waals surface area (Å²) in [6.07, 6.45) is 4.56. The summed E-state index contributed by atoms with van der Waals surface area (Å²) in [5, 5.41) is 10.8. The van der Waals surface area contributed by atoms with Crippen LogP contribution in [-0.4, -0.2) is 42.4 Å².